The lowest BCUT2D eigenvalue weighted by Crippen LogP contribution is -2.16. The summed E-state index contributed by atoms with van der Waals surface area (Å²) in [5, 5.41) is 6.56. The lowest BCUT2D eigenvalue weighted by atomic mass is 10.3. The van der Waals surface area contributed by atoms with Gasteiger partial charge in [0, 0.05) is 24.1 Å². The number of anilines is 3. The van der Waals surface area contributed by atoms with Gasteiger partial charge in [0.05, 0.1) is 0 Å². The number of nitrogens with one attached hydrogen (secondary N) is 2. The van der Waals surface area contributed by atoms with E-state index in [0.29, 0.717) is 29.0 Å². The third kappa shape index (κ3) is 3.11. The van der Waals surface area contributed by atoms with Crippen molar-refractivity contribution >= 4 is 28.6 Å². The van der Waals surface area contributed by atoms with E-state index >= 15 is 0 Å². The SMILES string of the molecule is CCC(C)Nc1nc(Nc2ccccc2)c2nccnc2n1. The monoisotopic (exact) mass is 294 g/mol. The number of nitrogens with zero attached hydrogens (tertiary/aromatic N) is 4. The minimum Gasteiger partial charge on any atom is -0.352 e. The Hall–Kier alpha value is -2.76. The van der Waals surface area contributed by atoms with E-state index in [0.717, 1.165) is 12.1 Å². The predicted molar refractivity (Wildman–Crippen MR) is 88.2 cm³/mol. The Morgan fingerprint density at radius 2 is 1.82 bits per heavy atom. The summed E-state index contributed by atoms with van der Waals surface area (Å²) in [5.41, 5.74) is 2.17. The molecule has 1 unspecified atom stereocenters. The van der Waals surface area contributed by atoms with Gasteiger partial charge in [-0.1, -0.05) is 25.1 Å². The predicted octanol–water partition coefficient (Wildman–Crippen LogP) is 3.37. The lowest BCUT2D eigenvalue weighted by molar-refractivity contribution is 0.754. The fraction of sp³-hybridized carbons (Fsp3) is 0.250. The van der Waals surface area contributed by atoms with Gasteiger partial charge in [0.25, 0.3) is 0 Å². The molecule has 1 atom stereocenters. The molecular weight excluding hydrogens is 276 g/mol. The van der Waals surface area contributed by atoms with Crippen LogP contribution in [0.5, 0.6) is 0 Å². The molecule has 2 aromatic heterocycles. The normalized spacial score (nSPS) is 12.1. The fourth-order valence-electron chi connectivity index (χ4n) is 2.00. The number of hydrogen-bond donors (Lipinski definition) is 2. The number of hydrogen-bond acceptors (Lipinski definition) is 6. The highest BCUT2D eigenvalue weighted by molar-refractivity contribution is 5.85. The van der Waals surface area contributed by atoms with Gasteiger partial charge in [0.1, 0.15) is 0 Å². The zero-order valence-electron chi connectivity index (χ0n) is 12.6. The van der Waals surface area contributed by atoms with E-state index in [1.54, 1.807) is 12.4 Å². The maximum absolute atomic E-state index is 4.55. The molecule has 3 rings (SSSR count). The van der Waals surface area contributed by atoms with E-state index in [9.17, 15) is 0 Å². The fourth-order valence-corrected chi connectivity index (χ4v) is 2.00. The van der Waals surface area contributed by atoms with Crippen LogP contribution in [0.3, 0.4) is 0 Å². The van der Waals surface area contributed by atoms with Gasteiger partial charge in [0.15, 0.2) is 17.0 Å². The summed E-state index contributed by atoms with van der Waals surface area (Å²) >= 11 is 0. The van der Waals surface area contributed by atoms with Crippen molar-refractivity contribution in [2.45, 2.75) is 26.3 Å². The van der Waals surface area contributed by atoms with E-state index in [1.807, 2.05) is 30.3 Å². The average molecular weight is 294 g/mol. The third-order valence-corrected chi connectivity index (χ3v) is 3.36. The highest BCUT2D eigenvalue weighted by Gasteiger charge is 2.11. The maximum atomic E-state index is 4.55. The van der Waals surface area contributed by atoms with Crippen molar-refractivity contribution in [2.75, 3.05) is 10.6 Å². The van der Waals surface area contributed by atoms with Crippen LogP contribution in [0.25, 0.3) is 11.2 Å². The van der Waals surface area contributed by atoms with Crippen LogP contribution in [-0.2, 0) is 0 Å². The van der Waals surface area contributed by atoms with Crippen LogP contribution in [0.1, 0.15) is 20.3 Å². The standard InChI is InChI=1S/C16H18N6/c1-3-11(2)19-16-21-14-13(17-9-10-18-14)15(22-16)20-12-7-5-4-6-8-12/h4-11H,3H2,1-2H3,(H2,18,19,20,21,22). The molecule has 0 radical (unpaired) electrons. The second kappa shape index (κ2) is 6.34. The second-order valence-electron chi connectivity index (χ2n) is 5.07. The summed E-state index contributed by atoms with van der Waals surface area (Å²) in [6.45, 7) is 4.20. The van der Waals surface area contributed by atoms with Crippen molar-refractivity contribution in [3.8, 4) is 0 Å². The highest BCUT2D eigenvalue weighted by atomic mass is 15.2. The molecule has 6 nitrogen and oxygen atoms in total. The third-order valence-electron chi connectivity index (χ3n) is 3.36. The molecule has 0 spiro atoms. The summed E-state index contributed by atoms with van der Waals surface area (Å²) in [7, 11) is 0. The van der Waals surface area contributed by atoms with Crippen LogP contribution in [0.4, 0.5) is 17.5 Å². The average Bonchev–Trinajstić information content (AvgIpc) is 2.55. The smallest absolute Gasteiger partial charge is 0.227 e. The molecule has 0 fully saturated rings. The van der Waals surface area contributed by atoms with Crippen LogP contribution in [0.15, 0.2) is 42.7 Å². The first kappa shape index (κ1) is 14.2. The summed E-state index contributed by atoms with van der Waals surface area (Å²) in [4.78, 5) is 17.6. The Morgan fingerprint density at radius 3 is 2.59 bits per heavy atom. The Balaban J connectivity index is 2.02. The van der Waals surface area contributed by atoms with Gasteiger partial charge in [-0.3, -0.25) is 0 Å². The molecule has 0 bridgehead atoms. The van der Waals surface area contributed by atoms with Crippen LogP contribution in [0, 0.1) is 0 Å². The molecule has 22 heavy (non-hydrogen) atoms. The molecule has 0 amide bonds. The van der Waals surface area contributed by atoms with Gasteiger partial charge in [-0.05, 0) is 25.5 Å². The summed E-state index contributed by atoms with van der Waals surface area (Å²) in [5.74, 6) is 1.20. The van der Waals surface area contributed by atoms with Crippen molar-refractivity contribution in [3.63, 3.8) is 0 Å². The molecule has 0 aliphatic heterocycles. The molecule has 1 aromatic carbocycles. The molecule has 2 heterocycles. The molecule has 112 valence electrons. The van der Waals surface area contributed by atoms with Gasteiger partial charge < -0.3 is 10.6 Å². The van der Waals surface area contributed by atoms with Crippen molar-refractivity contribution < 1.29 is 0 Å². The van der Waals surface area contributed by atoms with E-state index in [2.05, 4.69) is 44.4 Å². The van der Waals surface area contributed by atoms with Gasteiger partial charge in [-0.2, -0.15) is 9.97 Å². The molecule has 2 N–H and O–H groups in total. The molecule has 0 aliphatic rings. The van der Waals surface area contributed by atoms with Gasteiger partial charge in [-0.15, -0.1) is 0 Å². The molecule has 0 saturated carbocycles. The Bertz CT molecular complexity index is 759. The first-order valence-corrected chi connectivity index (χ1v) is 7.33. The van der Waals surface area contributed by atoms with E-state index < -0.39 is 0 Å². The van der Waals surface area contributed by atoms with Crippen molar-refractivity contribution in [1.82, 2.24) is 19.9 Å². The van der Waals surface area contributed by atoms with E-state index in [1.165, 1.54) is 0 Å². The summed E-state index contributed by atoms with van der Waals surface area (Å²) < 4.78 is 0. The largest absolute Gasteiger partial charge is 0.352 e. The number of fused-ring (bicyclic) bond motifs is 1. The highest BCUT2D eigenvalue weighted by Crippen LogP contribution is 2.22. The number of rotatable bonds is 5. The quantitative estimate of drug-likeness (QED) is 0.751. The summed E-state index contributed by atoms with van der Waals surface area (Å²) in [6, 6.07) is 10.2. The zero-order chi connectivity index (χ0) is 15.4. The number of para-hydroxylation sites is 1. The lowest BCUT2D eigenvalue weighted by Gasteiger charge is -2.13. The Kier molecular flexibility index (Phi) is 4.09. The first-order chi connectivity index (χ1) is 10.8. The Morgan fingerprint density at radius 1 is 1.05 bits per heavy atom. The second-order valence-corrected chi connectivity index (χ2v) is 5.07. The van der Waals surface area contributed by atoms with Crippen molar-refractivity contribution in [1.29, 1.82) is 0 Å². The van der Waals surface area contributed by atoms with Crippen LogP contribution in [-0.4, -0.2) is 26.0 Å². The minimum absolute atomic E-state index is 0.290. The summed E-state index contributed by atoms with van der Waals surface area (Å²) in [6.07, 6.45) is 4.27. The molecular formula is C16H18N6. The molecule has 6 heteroatoms. The van der Waals surface area contributed by atoms with Crippen LogP contribution >= 0.6 is 0 Å². The molecule has 0 aliphatic carbocycles. The zero-order valence-corrected chi connectivity index (χ0v) is 12.6. The van der Waals surface area contributed by atoms with Gasteiger partial charge >= 0.3 is 0 Å². The number of aromatic nitrogens is 4. The van der Waals surface area contributed by atoms with Crippen molar-refractivity contribution in [3.05, 3.63) is 42.7 Å². The number of benzene rings is 1. The molecule has 0 saturated heterocycles. The van der Waals surface area contributed by atoms with Crippen molar-refractivity contribution in [2.24, 2.45) is 0 Å². The Labute approximate surface area is 129 Å². The minimum atomic E-state index is 0.290. The molecule has 3 aromatic rings. The van der Waals surface area contributed by atoms with Crippen LogP contribution < -0.4 is 10.6 Å². The maximum Gasteiger partial charge on any atom is 0.227 e. The van der Waals surface area contributed by atoms with E-state index in [-0.39, 0.29) is 0 Å². The van der Waals surface area contributed by atoms with Gasteiger partial charge in [0.2, 0.25) is 5.95 Å². The van der Waals surface area contributed by atoms with Crippen LogP contribution in [0.2, 0.25) is 0 Å². The van der Waals surface area contributed by atoms with Gasteiger partial charge in [-0.25, -0.2) is 9.97 Å². The first-order valence-electron chi connectivity index (χ1n) is 7.33. The van der Waals surface area contributed by atoms with E-state index in [4.69, 9.17) is 0 Å². The topological polar surface area (TPSA) is 75.6 Å².